The third-order valence-electron chi connectivity index (χ3n) is 3.25. The monoisotopic (exact) mass is 257 g/mol. The van der Waals surface area contributed by atoms with E-state index in [2.05, 4.69) is 0 Å². The molecule has 18 heavy (non-hydrogen) atoms. The normalized spacial score (nSPS) is 22.9. The number of hydrogen-bond donors (Lipinski definition) is 1. The van der Waals surface area contributed by atoms with Gasteiger partial charge in [-0.05, 0) is 26.7 Å². The van der Waals surface area contributed by atoms with Gasteiger partial charge in [0.2, 0.25) is 5.91 Å². The predicted molar refractivity (Wildman–Crippen MR) is 62.9 cm³/mol. The molecule has 6 nitrogen and oxygen atoms in total. The Hall–Kier alpha value is -1.59. The molecule has 0 saturated carbocycles. The summed E-state index contributed by atoms with van der Waals surface area (Å²) in [4.78, 5) is 35.6. The summed E-state index contributed by atoms with van der Waals surface area (Å²) >= 11 is 0. The lowest BCUT2D eigenvalue weighted by Crippen LogP contribution is -2.50. The average Bonchev–Trinajstić information content (AvgIpc) is 2.70. The highest BCUT2D eigenvalue weighted by molar-refractivity contribution is 5.88. The van der Waals surface area contributed by atoms with Crippen molar-refractivity contribution in [3.05, 3.63) is 0 Å². The summed E-state index contributed by atoms with van der Waals surface area (Å²) in [7, 11) is 0. The summed E-state index contributed by atoms with van der Waals surface area (Å²) in [6.45, 7) is 3.96. The number of amides is 1. The number of hydrogen-bond acceptors (Lipinski definition) is 4. The SMILES string of the molecule is CCOC(=O)CCC(=O)N1CCCC1(C)C(=O)O. The van der Waals surface area contributed by atoms with Crippen molar-refractivity contribution in [3.63, 3.8) is 0 Å². The van der Waals surface area contributed by atoms with Gasteiger partial charge in [-0.3, -0.25) is 9.59 Å². The van der Waals surface area contributed by atoms with Gasteiger partial charge in [0.25, 0.3) is 0 Å². The van der Waals surface area contributed by atoms with E-state index < -0.39 is 17.5 Å². The van der Waals surface area contributed by atoms with E-state index in [4.69, 9.17) is 9.84 Å². The molecule has 0 bridgehead atoms. The van der Waals surface area contributed by atoms with Crippen molar-refractivity contribution in [2.24, 2.45) is 0 Å². The van der Waals surface area contributed by atoms with E-state index in [1.54, 1.807) is 13.8 Å². The summed E-state index contributed by atoms with van der Waals surface area (Å²) in [5, 5.41) is 9.17. The van der Waals surface area contributed by atoms with Gasteiger partial charge >= 0.3 is 11.9 Å². The maximum absolute atomic E-state index is 11.9. The van der Waals surface area contributed by atoms with Crippen LogP contribution in [0.3, 0.4) is 0 Å². The fraction of sp³-hybridized carbons (Fsp3) is 0.750. The molecule has 1 fully saturated rings. The standard InChI is InChI=1S/C12H19NO5/c1-3-18-10(15)6-5-9(14)13-8-4-7-12(13,2)11(16)17/h3-8H2,1-2H3,(H,16,17). The molecule has 1 atom stereocenters. The third kappa shape index (κ3) is 3.00. The Labute approximate surface area is 106 Å². The van der Waals surface area contributed by atoms with E-state index in [-0.39, 0.29) is 25.4 Å². The van der Waals surface area contributed by atoms with E-state index in [1.807, 2.05) is 0 Å². The van der Waals surface area contributed by atoms with Crippen LogP contribution in [0.2, 0.25) is 0 Å². The number of likely N-dealkylation sites (tertiary alicyclic amines) is 1. The highest BCUT2D eigenvalue weighted by Crippen LogP contribution is 2.29. The quantitative estimate of drug-likeness (QED) is 0.736. The smallest absolute Gasteiger partial charge is 0.329 e. The maximum atomic E-state index is 11.9. The molecular weight excluding hydrogens is 238 g/mol. The van der Waals surface area contributed by atoms with Crippen molar-refractivity contribution < 1.29 is 24.2 Å². The first-order valence-corrected chi connectivity index (χ1v) is 6.11. The lowest BCUT2D eigenvalue weighted by atomic mass is 9.99. The van der Waals surface area contributed by atoms with Crippen LogP contribution in [0, 0.1) is 0 Å². The number of nitrogens with zero attached hydrogens (tertiary/aromatic N) is 1. The van der Waals surface area contributed by atoms with Crippen LogP contribution in [0.25, 0.3) is 0 Å². The Morgan fingerprint density at radius 3 is 2.56 bits per heavy atom. The number of carbonyl (C=O) groups excluding carboxylic acids is 2. The molecule has 0 spiro atoms. The molecule has 0 aromatic carbocycles. The molecule has 1 aliphatic heterocycles. The maximum Gasteiger partial charge on any atom is 0.329 e. The van der Waals surface area contributed by atoms with Gasteiger partial charge in [-0.25, -0.2) is 4.79 Å². The van der Waals surface area contributed by atoms with Crippen LogP contribution in [-0.4, -0.2) is 46.5 Å². The molecule has 1 saturated heterocycles. The zero-order valence-corrected chi connectivity index (χ0v) is 10.8. The first-order valence-electron chi connectivity index (χ1n) is 6.11. The summed E-state index contributed by atoms with van der Waals surface area (Å²) < 4.78 is 4.73. The second-order valence-electron chi connectivity index (χ2n) is 4.53. The summed E-state index contributed by atoms with van der Waals surface area (Å²) in [5.41, 5.74) is -1.13. The van der Waals surface area contributed by atoms with E-state index in [0.29, 0.717) is 19.4 Å². The molecule has 0 radical (unpaired) electrons. The minimum Gasteiger partial charge on any atom is -0.480 e. The fourth-order valence-corrected chi connectivity index (χ4v) is 2.16. The van der Waals surface area contributed by atoms with Crippen LogP contribution >= 0.6 is 0 Å². The second kappa shape index (κ2) is 5.84. The summed E-state index contributed by atoms with van der Waals surface area (Å²) in [6, 6.07) is 0. The highest BCUT2D eigenvalue weighted by atomic mass is 16.5. The topological polar surface area (TPSA) is 83.9 Å². The van der Waals surface area contributed by atoms with Crippen LogP contribution in [0.15, 0.2) is 0 Å². The Morgan fingerprint density at radius 2 is 2.00 bits per heavy atom. The molecule has 102 valence electrons. The molecule has 0 aromatic rings. The number of esters is 1. The van der Waals surface area contributed by atoms with Gasteiger partial charge in [-0.15, -0.1) is 0 Å². The van der Waals surface area contributed by atoms with Crippen molar-refractivity contribution in [1.82, 2.24) is 4.90 Å². The summed E-state index contributed by atoms with van der Waals surface area (Å²) in [6.07, 6.45) is 1.13. The van der Waals surface area contributed by atoms with E-state index in [0.717, 1.165) is 0 Å². The van der Waals surface area contributed by atoms with Crippen molar-refractivity contribution >= 4 is 17.8 Å². The largest absolute Gasteiger partial charge is 0.480 e. The zero-order valence-electron chi connectivity index (χ0n) is 10.8. The van der Waals surface area contributed by atoms with Crippen LogP contribution < -0.4 is 0 Å². The van der Waals surface area contributed by atoms with Crippen LogP contribution in [0.5, 0.6) is 0 Å². The molecule has 1 aliphatic rings. The molecule has 6 heteroatoms. The number of aliphatic carboxylic acids is 1. The van der Waals surface area contributed by atoms with Gasteiger partial charge in [-0.2, -0.15) is 0 Å². The first kappa shape index (κ1) is 14.5. The van der Waals surface area contributed by atoms with E-state index in [9.17, 15) is 14.4 Å². The minimum absolute atomic E-state index is 0.00112. The number of carbonyl (C=O) groups is 3. The van der Waals surface area contributed by atoms with Crippen molar-refractivity contribution in [3.8, 4) is 0 Å². The zero-order chi connectivity index (χ0) is 13.8. The van der Waals surface area contributed by atoms with E-state index in [1.165, 1.54) is 4.90 Å². The number of rotatable bonds is 5. The Balaban J connectivity index is 2.56. The van der Waals surface area contributed by atoms with Gasteiger partial charge in [0.1, 0.15) is 5.54 Å². The predicted octanol–water partition coefficient (Wildman–Crippen LogP) is 0.795. The van der Waals surface area contributed by atoms with E-state index >= 15 is 0 Å². The summed E-state index contributed by atoms with van der Waals surface area (Å²) in [5.74, 6) is -1.72. The average molecular weight is 257 g/mol. The molecular formula is C12H19NO5. The van der Waals surface area contributed by atoms with Crippen molar-refractivity contribution in [1.29, 1.82) is 0 Å². The fourth-order valence-electron chi connectivity index (χ4n) is 2.16. The number of carboxylic acid groups (broad SMARTS) is 1. The van der Waals surface area contributed by atoms with Gasteiger partial charge in [0.15, 0.2) is 0 Å². The van der Waals surface area contributed by atoms with Crippen molar-refractivity contribution in [2.75, 3.05) is 13.2 Å². The molecule has 0 aromatic heterocycles. The molecule has 1 unspecified atom stereocenters. The number of carboxylic acids is 1. The Kier molecular flexibility index (Phi) is 4.69. The number of ether oxygens (including phenoxy) is 1. The molecule has 1 amide bonds. The highest BCUT2D eigenvalue weighted by Gasteiger charge is 2.45. The van der Waals surface area contributed by atoms with Crippen LogP contribution in [0.1, 0.15) is 39.5 Å². The van der Waals surface area contributed by atoms with Crippen LogP contribution in [0.4, 0.5) is 0 Å². The minimum atomic E-state index is -1.13. The van der Waals surface area contributed by atoms with Gasteiger partial charge in [-0.1, -0.05) is 0 Å². The van der Waals surface area contributed by atoms with Gasteiger partial charge in [0, 0.05) is 13.0 Å². The molecule has 1 heterocycles. The second-order valence-corrected chi connectivity index (χ2v) is 4.53. The Bertz CT molecular complexity index is 354. The first-order chi connectivity index (χ1) is 8.41. The third-order valence-corrected chi connectivity index (χ3v) is 3.25. The van der Waals surface area contributed by atoms with Gasteiger partial charge < -0.3 is 14.7 Å². The van der Waals surface area contributed by atoms with Crippen molar-refractivity contribution in [2.45, 2.75) is 45.1 Å². The lowest BCUT2D eigenvalue weighted by Gasteiger charge is -2.31. The molecule has 1 N–H and O–H groups in total. The molecule has 0 aliphatic carbocycles. The molecule has 1 rings (SSSR count). The lowest BCUT2D eigenvalue weighted by molar-refractivity contribution is -0.156. The van der Waals surface area contributed by atoms with Gasteiger partial charge in [0.05, 0.1) is 13.0 Å². The van der Waals surface area contributed by atoms with Crippen LogP contribution in [-0.2, 0) is 19.1 Å². The Morgan fingerprint density at radius 1 is 1.33 bits per heavy atom.